The summed E-state index contributed by atoms with van der Waals surface area (Å²) in [6.07, 6.45) is 6.74. The minimum Gasteiger partial charge on any atom is -0.269 e. The van der Waals surface area contributed by atoms with Crippen LogP contribution in [0.15, 0.2) is 12.3 Å². The number of halogens is 1. The first-order valence-electron chi connectivity index (χ1n) is 7.63. The second kappa shape index (κ2) is 5.87. The zero-order valence-corrected chi connectivity index (χ0v) is 13.5. The van der Waals surface area contributed by atoms with Crippen LogP contribution in [0.25, 0.3) is 0 Å². The molecule has 1 aliphatic carbocycles. The smallest absolute Gasteiger partial charge is 0.0492 e. The minimum atomic E-state index is 0.109. The average Bonchev–Trinajstić information content (AvgIpc) is 2.78. The third-order valence-corrected chi connectivity index (χ3v) is 5.26. The number of aryl methyl sites for hydroxylation is 1. The summed E-state index contributed by atoms with van der Waals surface area (Å²) >= 11 is 6.68. The summed E-state index contributed by atoms with van der Waals surface area (Å²) in [6.45, 7) is 10.2. The molecular weight excluding hydrogens is 256 g/mol. The lowest BCUT2D eigenvalue weighted by atomic mass is 9.67. The molecule has 0 saturated heterocycles. The normalized spacial score (nSPS) is 28.6. The molecule has 0 N–H and O–H groups in total. The molecule has 19 heavy (non-hydrogen) atoms. The summed E-state index contributed by atoms with van der Waals surface area (Å²) in [4.78, 5) is 0. The largest absolute Gasteiger partial charge is 0.269 e. The van der Waals surface area contributed by atoms with E-state index in [9.17, 15) is 0 Å². The van der Waals surface area contributed by atoms with Gasteiger partial charge in [0.25, 0.3) is 0 Å². The van der Waals surface area contributed by atoms with Gasteiger partial charge in [-0.25, -0.2) is 0 Å². The Bertz CT molecular complexity index is 411. The fraction of sp³-hybridized carbons (Fsp3) is 0.812. The molecule has 0 bridgehead atoms. The summed E-state index contributed by atoms with van der Waals surface area (Å²) in [5, 5.41) is 4.78. The van der Waals surface area contributed by atoms with Crippen LogP contribution in [0, 0.1) is 11.8 Å². The van der Waals surface area contributed by atoms with Crippen molar-refractivity contribution in [1.29, 1.82) is 0 Å². The van der Waals surface area contributed by atoms with Gasteiger partial charge in [0.15, 0.2) is 0 Å². The lowest BCUT2D eigenvalue weighted by Gasteiger charge is -2.42. The molecule has 3 unspecified atom stereocenters. The van der Waals surface area contributed by atoms with Gasteiger partial charge in [-0.05, 0) is 37.2 Å². The van der Waals surface area contributed by atoms with Crippen molar-refractivity contribution >= 4 is 11.6 Å². The monoisotopic (exact) mass is 282 g/mol. The van der Waals surface area contributed by atoms with Gasteiger partial charge in [0.2, 0.25) is 0 Å². The Morgan fingerprint density at radius 1 is 1.42 bits per heavy atom. The first kappa shape index (κ1) is 14.9. The van der Waals surface area contributed by atoms with Gasteiger partial charge in [-0.3, -0.25) is 4.68 Å². The van der Waals surface area contributed by atoms with Gasteiger partial charge in [0, 0.05) is 29.2 Å². The second-order valence-corrected chi connectivity index (χ2v) is 7.26. The zero-order valence-electron chi connectivity index (χ0n) is 12.7. The molecule has 1 aromatic rings. The molecule has 0 spiro atoms. The van der Waals surface area contributed by atoms with E-state index in [2.05, 4.69) is 43.5 Å². The lowest BCUT2D eigenvalue weighted by Crippen LogP contribution is -2.40. The highest BCUT2D eigenvalue weighted by molar-refractivity contribution is 6.20. The molecule has 1 aliphatic rings. The van der Waals surface area contributed by atoms with E-state index in [1.165, 1.54) is 18.5 Å². The Hall–Kier alpha value is -0.500. The van der Waals surface area contributed by atoms with Gasteiger partial charge in [-0.15, -0.1) is 11.6 Å². The average molecular weight is 283 g/mol. The van der Waals surface area contributed by atoms with Crippen LogP contribution < -0.4 is 0 Å². The van der Waals surface area contributed by atoms with E-state index in [4.69, 9.17) is 11.6 Å². The molecular formula is C16H27ClN2. The third-order valence-electron chi connectivity index (χ3n) is 4.77. The Morgan fingerprint density at radius 3 is 2.79 bits per heavy atom. The van der Waals surface area contributed by atoms with Crippen LogP contribution in [0.2, 0.25) is 0 Å². The van der Waals surface area contributed by atoms with Crippen molar-refractivity contribution in [3.8, 4) is 0 Å². The number of aromatic nitrogens is 2. The fourth-order valence-electron chi connectivity index (χ4n) is 3.58. The highest BCUT2D eigenvalue weighted by Gasteiger charge is 2.40. The number of alkyl halides is 1. The van der Waals surface area contributed by atoms with Gasteiger partial charge >= 0.3 is 0 Å². The highest BCUT2D eigenvalue weighted by atomic mass is 35.5. The van der Waals surface area contributed by atoms with Crippen molar-refractivity contribution < 1.29 is 0 Å². The van der Waals surface area contributed by atoms with Crippen molar-refractivity contribution in [1.82, 2.24) is 9.78 Å². The summed E-state index contributed by atoms with van der Waals surface area (Å²) in [5.74, 6) is 1.33. The van der Waals surface area contributed by atoms with E-state index < -0.39 is 0 Å². The van der Waals surface area contributed by atoms with Crippen molar-refractivity contribution in [2.45, 2.75) is 70.7 Å². The van der Waals surface area contributed by atoms with Crippen LogP contribution in [-0.2, 0) is 12.0 Å². The number of hydrogen-bond donors (Lipinski definition) is 0. The topological polar surface area (TPSA) is 17.8 Å². The molecule has 2 nitrogen and oxygen atoms in total. The molecule has 1 heterocycles. The Morgan fingerprint density at radius 2 is 2.16 bits per heavy atom. The number of hydrogen-bond acceptors (Lipinski definition) is 1. The van der Waals surface area contributed by atoms with Gasteiger partial charge in [0.05, 0.1) is 0 Å². The summed E-state index contributed by atoms with van der Waals surface area (Å²) in [7, 11) is 0. The lowest BCUT2D eigenvalue weighted by molar-refractivity contribution is 0.198. The van der Waals surface area contributed by atoms with Gasteiger partial charge < -0.3 is 0 Å². The molecule has 3 atom stereocenters. The molecule has 3 heteroatoms. The first-order chi connectivity index (χ1) is 8.96. The Kier molecular flexibility index (Phi) is 4.60. The molecule has 1 aromatic heterocycles. The van der Waals surface area contributed by atoms with E-state index in [0.29, 0.717) is 11.3 Å². The van der Waals surface area contributed by atoms with E-state index >= 15 is 0 Å². The quantitative estimate of drug-likeness (QED) is 0.737. The van der Waals surface area contributed by atoms with Crippen LogP contribution in [0.3, 0.4) is 0 Å². The van der Waals surface area contributed by atoms with Gasteiger partial charge in [-0.2, -0.15) is 5.10 Å². The predicted molar refractivity (Wildman–Crippen MR) is 81.7 cm³/mol. The van der Waals surface area contributed by atoms with E-state index in [0.717, 1.165) is 25.3 Å². The molecule has 1 saturated carbocycles. The summed E-state index contributed by atoms with van der Waals surface area (Å²) < 4.78 is 2.17. The molecule has 1 fully saturated rings. The summed E-state index contributed by atoms with van der Waals surface area (Å²) in [5.41, 5.74) is 1.46. The summed E-state index contributed by atoms with van der Waals surface area (Å²) in [6, 6.07) is 2.18. The van der Waals surface area contributed by atoms with Crippen molar-refractivity contribution in [3.05, 3.63) is 18.0 Å². The second-order valence-electron chi connectivity index (χ2n) is 6.70. The fourth-order valence-corrected chi connectivity index (χ4v) is 4.33. The van der Waals surface area contributed by atoms with E-state index in [1.807, 2.05) is 6.20 Å². The molecule has 0 radical (unpaired) electrons. The number of nitrogens with zero attached hydrogens (tertiary/aromatic N) is 2. The van der Waals surface area contributed by atoms with Gasteiger partial charge in [-0.1, -0.05) is 34.1 Å². The maximum Gasteiger partial charge on any atom is 0.0492 e. The molecule has 108 valence electrons. The molecule has 0 aromatic carbocycles. The van der Waals surface area contributed by atoms with E-state index in [-0.39, 0.29) is 5.41 Å². The van der Waals surface area contributed by atoms with Crippen molar-refractivity contribution in [2.24, 2.45) is 11.8 Å². The predicted octanol–water partition coefficient (Wildman–Crippen LogP) is 4.61. The zero-order chi connectivity index (χ0) is 14.0. The number of rotatable bonds is 4. The van der Waals surface area contributed by atoms with Crippen LogP contribution >= 0.6 is 11.6 Å². The Labute approximate surface area is 122 Å². The Balaban J connectivity index is 2.23. The minimum absolute atomic E-state index is 0.109. The first-order valence-corrected chi connectivity index (χ1v) is 8.06. The third kappa shape index (κ3) is 2.99. The van der Waals surface area contributed by atoms with Crippen molar-refractivity contribution in [2.75, 3.05) is 0 Å². The van der Waals surface area contributed by atoms with Crippen LogP contribution in [0.5, 0.6) is 0 Å². The molecule has 0 aliphatic heterocycles. The van der Waals surface area contributed by atoms with Crippen LogP contribution in [-0.4, -0.2) is 15.2 Å². The van der Waals surface area contributed by atoms with E-state index in [1.54, 1.807) is 0 Å². The standard InChI is InChI=1S/C16H27ClN2/c1-5-10-19-15(8-9-18-19)16(3,4)13-7-6-12(2)11-14(13)17/h8-9,12-14H,5-7,10-11H2,1-4H3. The SMILES string of the molecule is CCCn1nccc1C(C)(C)C1CCC(C)CC1Cl. The van der Waals surface area contributed by atoms with Crippen molar-refractivity contribution in [3.63, 3.8) is 0 Å². The van der Waals surface area contributed by atoms with Gasteiger partial charge in [0.1, 0.15) is 0 Å². The molecule has 0 amide bonds. The molecule has 2 rings (SSSR count). The highest BCUT2D eigenvalue weighted by Crippen LogP contribution is 2.44. The maximum absolute atomic E-state index is 6.68. The van der Waals surface area contributed by atoms with Crippen LogP contribution in [0.4, 0.5) is 0 Å². The maximum atomic E-state index is 6.68. The van der Waals surface area contributed by atoms with Crippen LogP contribution in [0.1, 0.15) is 59.1 Å².